The summed E-state index contributed by atoms with van der Waals surface area (Å²) in [5, 5.41) is 9.12. The molecule has 1 aromatic carbocycles. The molecule has 15 heavy (non-hydrogen) atoms. The van der Waals surface area contributed by atoms with Crippen LogP contribution in [0.25, 0.3) is 0 Å². The van der Waals surface area contributed by atoms with Gasteiger partial charge in [0.1, 0.15) is 0 Å². The van der Waals surface area contributed by atoms with Crippen molar-refractivity contribution in [2.75, 3.05) is 18.0 Å². The van der Waals surface area contributed by atoms with Crippen LogP contribution in [-0.4, -0.2) is 24.2 Å². The quantitative estimate of drug-likeness (QED) is 0.853. The Morgan fingerprint density at radius 1 is 1.33 bits per heavy atom. The lowest BCUT2D eigenvalue weighted by Crippen LogP contribution is -2.20. The first kappa shape index (κ1) is 10.7. The fourth-order valence-electron chi connectivity index (χ4n) is 1.91. The second-order valence-corrected chi connectivity index (χ2v) is 4.91. The third-order valence-corrected chi connectivity index (χ3v) is 3.31. The summed E-state index contributed by atoms with van der Waals surface area (Å²) in [6.45, 7) is 1.95. The maximum Gasteiger partial charge on any atom is 0.337 e. The molecule has 1 aliphatic rings. The van der Waals surface area contributed by atoms with Crippen molar-refractivity contribution in [3.8, 4) is 0 Å². The molecule has 0 bridgehead atoms. The van der Waals surface area contributed by atoms with Gasteiger partial charge in [0, 0.05) is 16.7 Å². The van der Waals surface area contributed by atoms with E-state index in [1.54, 1.807) is 6.07 Å². The summed E-state index contributed by atoms with van der Waals surface area (Å²) in [6, 6.07) is 5.60. The number of hydrogen-bond acceptors (Lipinski definition) is 2. The third kappa shape index (κ3) is 2.25. The van der Waals surface area contributed by atoms with Crippen LogP contribution in [0.15, 0.2) is 18.2 Å². The molecule has 0 saturated carbocycles. The van der Waals surface area contributed by atoms with E-state index in [2.05, 4.69) is 27.5 Å². The number of nitrogens with zero attached hydrogens (tertiary/aromatic N) is 1. The van der Waals surface area contributed by atoms with Crippen molar-refractivity contribution < 1.29 is 9.90 Å². The SMILES string of the molecule is O=C(O)c1cc(I)ccc1N1CCCC1. The zero-order chi connectivity index (χ0) is 10.8. The summed E-state index contributed by atoms with van der Waals surface area (Å²) in [6.07, 6.45) is 2.32. The Morgan fingerprint density at radius 2 is 2.00 bits per heavy atom. The van der Waals surface area contributed by atoms with Gasteiger partial charge in [0.2, 0.25) is 0 Å². The first-order chi connectivity index (χ1) is 7.18. The van der Waals surface area contributed by atoms with Crippen molar-refractivity contribution in [3.63, 3.8) is 0 Å². The zero-order valence-corrected chi connectivity index (χ0v) is 10.4. The van der Waals surface area contributed by atoms with E-state index in [4.69, 9.17) is 5.11 Å². The molecule has 0 aromatic heterocycles. The largest absolute Gasteiger partial charge is 0.478 e. The smallest absolute Gasteiger partial charge is 0.337 e. The van der Waals surface area contributed by atoms with Gasteiger partial charge in [-0.3, -0.25) is 0 Å². The molecular weight excluding hydrogens is 305 g/mol. The van der Waals surface area contributed by atoms with Gasteiger partial charge in [-0.15, -0.1) is 0 Å². The highest BCUT2D eigenvalue weighted by Crippen LogP contribution is 2.26. The summed E-state index contributed by atoms with van der Waals surface area (Å²) in [5.41, 5.74) is 1.28. The van der Waals surface area contributed by atoms with Crippen LogP contribution in [0.5, 0.6) is 0 Å². The summed E-state index contributed by atoms with van der Waals surface area (Å²) in [4.78, 5) is 13.3. The van der Waals surface area contributed by atoms with Gasteiger partial charge in [-0.05, 0) is 53.6 Å². The van der Waals surface area contributed by atoms with Crippen molar-refractivity contribution in [1.29, 1.82) is 0 Å². The highest BCUT2D eigenvalue weighted by molar-refractivity contribution is 14.1. The van der Waals surface area contributed by atoms with Crippen LogP contribution in [0.2, 0.25) is 0 Å². The lowest BCUT2D eigenvalue weighted by molar-refractivity contribution is 0.0697. The van der Waals surface area contributed by atoms with Crippen LogP contribution in [0, 0.1) is 3.57 Å². The summed E-state index contributed by atoms with van der Waals surface area (Å²) in [5.74, 6) is -0.838. The molecule has 0 atom stereocenters. The number of halogens is 1. The zero-order valence-electron chi connectivity index (χ0n) is 8.24. The highest BCUT2D eigenvalue weighted by atomic mass is 127. The molecule has 0 aliphatic carbocycles. The molecule has 1 fully saturated rings. The van der Waals surface area contributed by atoms with Crippen molar-refractivity contribution in [1.82, 2.24) is 0 Å². The monoisotopic (exact) mass is 317 g/mol. The minimum atomic E-state index is -0.838. The van der Waals surface area contributed by atoms with Crippen LogP contribution < -0.4 is 4.90 Å². The van der Waals surface area contributed by atoms with Gasteiger partial charge < -0.3 is 10.0 Å². The number of anilines is 1. The van der Waals surface area contributed by atoms with Crippen LogP contribution in [0.4, 0.5) is 5.69 Å². The van der Waals surface area contributed by atoms with Gasteiger partial charge in [-0.25, -0.2) is 4.79 Å². The molecule has 1 N–H and O–H groups in total. The average molecular weight is 317 g/mol. The first-order valence-electron chi connectivity index (χ1n) is 4.96. The number of rotatable bonds is 2. The fraction of sp³-hybridized carbons (Fsp3) is 0.364. The maximum absolute atomic E-state index is 11.1. The van der Waals surface area contributed by atoms with E-state index in [1.807, 2.05) is 12.1 Å². The number of carboxylic acid groups (broad SMARTS) is 1. The van der Waals surface area contributed by atoms with Gasteiger partial charge in [-0.1, -0.05) is 0 Å². The second kappa shape index (κ2) is 4.38. The maximum atomic E-state index is 11.1. The third-order valence-electron chi connectivity index (χ3n) is 2.64. The predicted octanol–water partition coefficient (Wildman–Crippen LogP) is 2.59. The molecule has 4 heteroatoms. The molecule has 80 valence electrons. The summed E-state index contributed by atoms with van der Waals surface area (Å²) < 4.78 is 0.966. The van der Waals surface area contributed by atoms with Crippen molar-refractivity contribution in [2.24, 2.45) is 0 Å². The van der Waals surface area contributed by atoms with Crippen molar-refractivity contribution in [3.05, 3.63) is 27.3 Å². The number of aromatic carboxylic acids is 1. The Morgan fingerprint density at radius 3 is 2.60 bits per heavy atom. The lowest BCUT2D eigenvalue weighted by atomic mass is 10.1. The van der Waals surface area contributed by atoms with Gasteiger partial charge in [0.25, 0.3) is 0 Å². The van der Waals surface area contributed by atoms with Crippen LogP contribution in [0.3, 0.4) is 0 Å². The molecule has 1 aliphatic heterocycles. The molecule has 2 rings (SSSR count). The number of carbonyl (C=O) groups is 1. The minimum absolute atomic E-state index is 0.420. The topological polar surface area (TPSA) is 40.5 Å². The molecule has 0 unspecified atom stereocenters. The lowest BCUT2D eigenvalue weighted by Gasteiger charge is -2.19. The molecule has 0 amide bonds. The Kier molecular flexibility index (Phi) is 3.14. The van der Waals surface area contributed by atoms with Gasteiger partial charge >= 0.3 is 5.97 Å². The van der Waals surface area contributed by atoms with Gasteiger partial charge in [0.15, 0.2) is 0 Å². The van der Waals surface area contributed by atoms with E-state index in [-0.39, 0.29) is 0 Å². The van der Waals surface area contributed by atoms with Crippen molar-refractivity contribution in [2.45, 2.75) is 12.8 Å². The van der Waals surface area contributed by atoms with Gasteiger partial charge in [-0.2, -0.15) is 0 Å². The van der Waals surface area contributed by atoms with E-state index < -0.39 is 5.97 Å². The number of benzene rings is 1. The highest BCUT2D eigenvalue weighted by Gasteiger charge is 2.18. The molecule has 1 saturated heterocycles. The second-order valence-electron chi connectivity index (χ2n) is 3.66. The van der Waals surface area contributed by atoms with Crippen molar-refractivity contribution >= 4 is 34.2 Å². The van der Waals surface area contributed by atoms with Crippen LogP contribution in [0.1, 0.15) is 23.2 Å². The van der Waals surface area contributed by atoms with E-state index in [0.29, 0.717) is 5.56 Å². The molecular formula is C11H12INO2. The standard InChI is InChI=1S/C11H12INO2/c12-8-3-4-10(9(7-8)11(14)15)13-5-1-2-6-13/h3-4,7H,1-2,5-6H2,(H,14,15). The van der Waals surface area contributed by atoms with E-state index in [9.17, 15) is 4.79 Å². The number of carboxylic acids is 1. The molecule has 1 aromatic rings. The minimum Gasteiger partial charge on any atom is -0.478 e. The first-order valence-corrected chi connectivity index (χ1v) is 6.04. The Hall–Kier alpha value is -0.780. The fourth-order valence-corrected chi connectivity index (χ4v) is 2.40. The van der Waals surface area contributed by atoms with E-state index in [1.165, 1.54) is 0 Å². The Balaban J connectivity index is 2.40. The summed E-state index contributed by atoms with van der Waals surface area (Å²) >= 11 is 2.14. The van der Waals surface area contributed by atoms with Crippen LogP contribution >= 0.6 is 22.6 Å². The predicted molar refractivity (Wildman–Crippen MR) is 67.6 cm³/mol. The average Bonchev–Trinajstić information content (AvgIpc) is 2.70. The Bertz CT molecular complexity index is 386. The molecule has 0 radical (unpaired) electrons. The van der Waals surface area contributed by atoms with E-state index in [0.717, 1.165) is 35.2 Å². The van der Waals surface area contributed by atoms with Crippen LogP contribution in [-0.2, 0) is 0 Å². The molecule has 0 spiro atoms. The molecule has 3 nitrogen and oxygen atoms in total. The van der Waals surface area contributed by atoms with Gasteiger partial charge in [0.05, 0.1) is 11.3 Å². The number of hydrogen-bond donors (Lipinski definition) is 1. The normalized spacial score (nSPS) is 15.7. The Labute approximate surface area is 102 Å². The molecule has 1 heterocycles. The summed E-state index contributed by atoms with van der Waals surface area (Å²) in [7, 11) is 0. The van der Waals surface area contributed by atoms with E-state index >= 15 is 0 Å².